The number of hydrogen-bond acceptors (Lipinski definition) is 3. The third kappa shape index (κ3) is 5.63. The highest BCUT2D eigenvalue weighted by atomic mass is 35.5. The van der Waals surface area contributed by atoms with E-state index in [4.69, 9.17) is 16.3 Å². The van der Waals surface area contributed by atoms with E-state index in [9.17, 15) is 9.59 Å². The lowest BCUT2D eigenvalue weighted by molar-refractivity contribution is -0.157. The van der Waals surface area contributed by atoms with Gasteiger partial charge in [0.2, 0.25) is 0 Å². The van der Waals surface area contributed by atoms with Crippen molar-refractivity contribution in [2.75, 3.05) is 6.61 Å². The summed E-state index contributed by atoms with van der Waals surface area (Å²) < 4.78 is 5.67. The molecule has 3 aromatic rings. The van der Waals surface area contributed by atoms with Gasteiger partial charge in [0, 0.05) is 18.1 Å². The summed E-state index contributed by atoms with van der Waals surface area (Å²) in [5.74, 6) is -0.532. The molecule has 3 aromatic carbocycles. The van der Waals surface area contributed by atoms with Crippen molar-refractivity contribution in [2.45, 2.75) is 44.2 Å². The lowest BCUT2D eigenvalue weighted by atomic mass is 9.79. The molecule has 1 aliphatic carbocycles. The Morgan fingerprint density at radius 3 is 1.82 bits per heavy atom. The number of rotatable bonds is 8. The normalized spacial score (nSPS) is 14.6. The monoisotopic (exact) mass is 461 g/mol. The molecule has 0 spiro atoms. The average molecular weight is 462 g/mol. The van der Waals surface area contributed by atoms with Crippen molar-refractivity contribution in [1.82, 2.24) is 4.90 Å². The third-order valence-electron chi connectivity index (χ3n) is 6.36. The van der Waals surface area contributed by atoms with Gasteiger partial charge in [-0.3, -0.25) is 9.59 Å². The lowest BCUT2D eigenvalue weighted by Gasteiger charge is -2.28. The fourth-order valence-corrected chi connectivity index (χ4v) is 4.68. The molecule has 0 bridgehead atoms. The van der Waals surface area contributed by atoms with E-state index in [0.717, 1.165) is 42.4 Å². The minimum absolute atomic E-state index is 0.208. The Balaban J connectivity index is 1.47. The lowest BCUT2D eigenvalue weighted by Crippen LogP contribution is -2.39. The molecule has 1 fully saturated rings. The molecule has 0 radical (unpaired) electrons. The van der Waals surface area contributed by atoms with E-state index in [1.54, 1.807) is 17.0 Å². The fraction of sp³-hybridized carbons (Fsp3) is 0.286. The predicted molar refractivity (Wildman–Crippen MR) is 130 cm³/mol. The first-order chi connectivity index (χ1) is 16.1. The Kier molecular flexibility index (Phi) is 7.46. The largest absolute Gasteiger partial charge is 0.455 e. The molecule has 5 heteroatoms. The molecular weight excluding hydrogens is 434 g/mol. The minimum Gasteiger partial charge on any atom is -0.455 e. The van der Waals surface area contributed by atoms with Crippen LogP contribution >= 0.6 is 11.6 Å². The van der Waals surface area contributed by atoms with Crippen LogP contribution in [0.3, 0.4) is 0 Å². The second-order valence-electron chi connectivity index (χ2n) is 8.59. The van der Waals surface area contributed by atoms with Gasteiger partial charge in [-0.15, -0.1) is 0 Å². The number of hydrogen-bond donors (Lipinski definition) is 0. The standard InChI is InChI=1S/C28H28ClNO3/c29-25-15-13-24(14-16-25)28(17-7-8-18-28)27(32)33-21-26(31)30(19-22-9-3-1-4-10-22)20-23-11-5-2-6-12-23/h1-6,9-16H,7-8,17-21H2. The first-order valence-corrected chi connectivity index (χ1v) is 11.7. The van der Waals surface area contributed by atoms with Gasteiger partial charge in [0.1, 0.15) is 0 Å². The summed E-state index contributed by atoms with van der Waals surface area (Å²) in [7, 11) is 0. The summed E-state index contributed by atoms with van der Waals surface area (Å²) in [5, 5.41) is 0.632. The van der Waals surface area contributed by atoms with Crippen LogP contribution < -0.4 is 0 Å². The van der Waals surface area contributed by atoms with Gasteiger partial charge in [-0.25, -0.2) is 0 Å². The molecule has 1 amide bonds. The highest BCUT2D eigenvalue weighted by Crippen LogP contribution is 2.42. The van der Waals surface area contributed by atoms with Crippen LogP contribution in [-0.4, -0.2) is 23.4 Å². The van der Waals surface area contributed by atoms with Crippen molar-refractivity contribution in [2.24, 2.45) is 0 Å². The smallest absolute Gasteiger partial charge is 0.317 e. The fourth-order valence-electron chi connectivity index (χ4n) is 4.55. The number of carbonyl (C=O) groups excluding carboxylic acids is 2. The van der Waals surface area contributed by atoms with Crippen LogP contribution in [0.2, 0.25) is 5.02 Å². The first-order valence-electron chi connectivity index (χ1n) is 11.4. The number of halogens is 1. The predicted octanol–water partition coefficient (Wildman–Crippen LogP) is 5.92. The van der Waals surface area contributed by atoms with Crippen LogP contribution in [0.25, 0.3) is 0 Å². The van der Waals surface area contributed by atoms with Crippen molar-refractivity contribution in [1.29, 1.82) is 0 Å². The molecule has 0 atom stereocenters. The molecule has 4 rings (SSSR count). The Morgan fingerprint density at radius 1 is 0.788 bits per heavy atom. The molecule has 1 aliphatic rings. The molecule has 1 saturated carbocycles. The van der Waals surface area contributed by atoms with Crippen LogP contribution in [0, 0.1) is 0 Å². The molecule has 0 unspecified atom stereocenters. The summed E-state index contributed by atoms with van der Waals surface area (Å²) in [6.07, 6.45) is 3.36. The van der Waals surface area contributed by atoms with Crippen molar-refractivity contribution in [3.8, 4) is 0 Å². The summed E-state index contributed by atoms with van der Waals surface area (Å²) in [6.45, 7) is 0.636. The molecule has 0 aromatic heterocycles. The van der Waals surface area contributed by atoms with E-state index < -0.39 is 5.41 Å². The van der Waals surface area contributed by atoms with Gasteiger partial charge in [0.15, 0.2) is 6.61 Å². The van der Waals surface area contributed by atoms with Gasteiger partial charge in [0.05, 0.1) is 5.41 Å². The van der Waals surface area contributed by atoms with Crippen molar-refractivity contribution < 1.29 is 14.3 Å². The maximum absolute atomic E-state index is 13.3. The first kappa shape index (κ1) is 23.1. The number of esters is 1. The van der Waals surface area contributed by atoms with Crippen LogP contribution in [0.1, 0.15) is 42.4 Å². The Labute approximate surface area is 200 Å². The molecular formula is C28H28ClNO3. The zero-order valence-electron chi connectivity index (χ0n) is 18.6. The van der Waals surface area contributed by atoms with E-state index in [-0.39, 0.29) is 18.5 Å². The van der Waals surface area contributed by atoms with Crippen molar-refractivity contribution >= 4 is 23.5 Å². The maximum atomic E-state index is 13.3. The number of benzene rings is 3. The van der Waals surface area contributed by atoms with E-state index in [2.05, 4.69) is 0 Å². The molecule has 170 valence electrons. The van der Waals surface area contributed by atoms with E-state index in [1.165, 1.54) is 0 Å². The van der Waals surface area contributed by atoms with Crippen LogP contribution in [-0.2, 0) is 32.8 Å². The van der Waals surface area contributed by atoms with Crippen LogP contribution in [0.4, 0.5) is 0 Å². The Hall–Kier alpha value is -3.11. The molecule has 0 heterocycles. The highest BCUT2D eigenvalue weighted by molar-refractivity contribution is 6.30. The van der Waals surface area contributed by atoms with Crippen molar-refractivity contribution in [3.05, 3.63) is 107 Å². The Morgan fingerprint density at radius 2 is 1.30 bits per heavy atom. The summed E-state index contributed by atoms with van der Waals surface area (Å²) >= 11 is 6.05. The zero-order chi connectivity index (χ0) is 23.1. The average Bonchev–Trinajstić information content (AvgIpc) is 3.35. The van der Waals surface area contributed by atoms with Crippen LogP contribution in [0.5, 0.6) is 0 Å². The third-order valence-corrected chi connectivity index (χ3v) is 6.61. The topological polar surface area (TPSA) is 46.6 Å². The number of nitrogens with zero attached hydrogens (tertiary/aromatic N) is 1. The van der Waals surface area contributed by atoms with Gasteiger partial charge in [-0.1, -0.05) is 97.2 Å². The maximum Gasteiger partial charge on any atom is 0.317 e. The van der Waals surface area contributed by atoms with Crippen LogP contribution in [0.15, 0.2) is 84.9 Å². The van der Waals surface area contributed by atoms with E-state index in [0.29, 0.717) is 18.1 Å². The second kappa shape index (κ2) is 10.7. The zero-order valence-corrected chi connectivity index (χ0v) is 19.3. The second-order valence-corrected chi connectivity index (χ2v) is 9.03. The van der Waals surface area contributed by atoms with Gasteiger partial charge >= 0.3 is 5.97 Å². The SMILES string of the molecule is O=C(COC(=O)C1(c2ccc(Cl)cc2)CCCC1)N(Cc1ccccc1)Cc1ccccc1. The van der Waals surface area contributed by atoms with Gasteiger partial charge < -0.3 is 9.64 Å². The molecule has 33 heavy (non-hydrogen) atoms. The Bertz CT molecular complexity index is 1020. The molecule has 0 aliphatic heterocycles. The number of ether oxygens (including phenoxy) is 1. The van der Waals surface area contributed by atoms with Gasteiger partial charge in [-0.2, -0.15) is 0 Å². The number of carbonyl (C=O) groups is 2. The van der Waals surface area contributed by atoms with Gasteiger partial charge in [0.25, 0.3) is 5.91 Å². The molecule has 0 N–H and O–H groups in total. The quantitative estimate of drug-likeness (QED) is 0.391. The van der Waals surface area contributed by atoms with Crippen molar-refractivity contribution in [3.63, 3.8) is 0 Å². The van der Waals surface area contributed by atoms with E-state index in [1.807, 2.05) is 72.8 Å². The number of amides is 1. The summed E-state index contributed by atoms with van der Waals surface area (Å²) in [5.41, 5.74) is 2.27. The summed E-state index contributed by atoms with van der Waals surface area (Å²) in [6, 6.07) is 27.1. The highest BCUT2D eigenvalue weighted by Gasteiger charge is 2.44. The minimum atomic E-state index is -0.700. The van der Waals surface area contributed by atoms with E-state index >= 15 is 0 Å². The van der Waals surface area contributed by atoms with Gasteiger partial charge in [-0.05, 0) is 41.7 Å². The molecule has 4 nitrogen and oxygen atoms in total. The summed E-state index contributed by atoms with van der Waals surface area (Å²) in [4.78, 5) is 28.2. The molecule has 0 saturated heterocycles.